The summed E-state index contributed by atoms with van der Waals surface area (Å²) < 4.78 is 28.8. The van der Waals surface area contributed by atoms with Gasteiger partial charge in [0.05, 0.1) is 22.9 Å². The molecule has 1 aromatic carbocycles. The van der Waals surface area contributed by atoms with Crippen LogP contribution in [0.5, 0.6) is 0 Å². The number of hydrogen-bond donors (Lipinski definition) is 3. The van der Waals surface area contributed by atoms with Crippen LogP contribution in [0.1, 0.15) is 77.0 Å². The fourth-order valence-electron chi connectivity index (χ4n) is 7.13. The number of nitrogens with zero attached hydrogens (tertiary/aromatic N) is 3. The van der Waals surface area contributed by atoms with Gasteiger partial charge in [0.25, 0.3) is 0 Å². The van der Waals surface area contributed by atoms with Crippen LogP contribution in [-0.2, 0) is 32.5 Å². The molecule has 1 saturated carbocycles. The van der Waals surface area contributed by atoms with Gasteiger partial charge in [-0.25, -0.2) is 13.4 Å². The van der Waals surface area contributed by atoms with Crippen molar-refractivity contribution in [3.05, 3.63) is 52.5 Å². The van der Waals surface area contributed by atoms with Gasteiger partial charge in [-0.15, -0.1) is 11.3 Å². The molecule has 268 valence electrons. The summed E-state index contributed by atoms with van der Waals surface area (Å²) >= 11 is 1.44. The lowest BCUT2D eigenvalue weighted by atomic mass is 9.79. The first-order chi connectivity index (χ1) is 22.9. The van der Waals surface area contributed by atoms with E-state index in [1.54, 1.807) is 5.51 Å². The van der Waals surface area contributed by atoms with Crippen LogP contribution in [0.15, 0.2) is 41.2 Å². The zero-order valence-corrected chi connectivity index (χ0v) is 31.0. The smallest absolute Gasteiger partial charge is 0.243 e. The number of thiazole rings is 1. The summed E-state index contributed by atoms with van der Waals surface area (Å²) in [7, 11) is -1.75. The van der Waals surface area contributed by atoms with Crippen molar-refractivity contribution >= 4 is 33.2 Å². The molecule has 0 spiro atoms. The topological polar surface area (TPSA) is 138 Å². The van der Waals surface area contributed by atoms with Crippen molar-refractivity contribution in [2.24, 2.45) is 29.4 Å². The average molecular weight is 703 g/mol. The molecule has 4 rings (SSSR count). The third kappa shape index (κ3) is 11.9. The Hall–Kier alpha value is -2.38. The summed E-state index contributed by atoms with van der Waals surface area (Å²) in [5.74, 6) is -0.907. The number of nitrogens with one attached hydrogen (secondary N) is 2. The SMILES string of the molecule is CC(C)C[C@@H](N)[C@H](C)[C@H](CC1CCCCC1)NC(=O)[C@H](Cc1cscn1)NC(=O)[C@H](Cc1ccccc1)CS(=O)(=O)N1CCN(C)CC1. The van der Waals surface area contributed by atoms with Crippen molar-refractivity contribution < 1.29 is 18.0 Å². The van der Waals surface area contributed by atoms with Gasteiger partial charge in [-0.1, -0.05) is 83.2 Å². The van der Waals surface area contributed by atoms with Crippen molar-refractivity contribution in [2.45, 2.75) is 96.7 Å². The van der Waals surface area contributed by atoms with E-state index in [0.717, 1.165) is 31.2 Å². The number of likely N-dealkylation sites (N-methyl/N-ethyl adjacent to an activating group) is 1. The van der Waals surface area contributed by atoms with E-state index >= 15 is 0 Å². The predicted octanol–water partition coefficient (Wildman–Crippen LogP) is 4.07. The molecule has 12 heteroatoms. The van der Waals surface area contributed by atoms with Crippen molar-refractivity contribution in [1.29, 1.82) is 0 Å². The van der Waals surface area contributed by atoms with Crippen LogP contribution < -0.4 is 16.4 Å². The average Bonchev–Trinajstić information content (AvgIpc) is 3.57. The summed E-state index contributed by atoms with van der Waals surface area (Å²) in [6.45, 7) is 8.54. The summed E-state index contributed by atoms with van der Waals surface area (Å²) in [6, 6.07) is 8.35. The number of carbonyl (C=O) groups excluding carboxylic acids is 2. The maximum atomic E-state index is 14.2. The van der Waals surface area contributed by atoms with Gasteiger partial charge >= 0.3 is 0 Å². The maximum absolute atomic E-state index is 14.2. The summed E-state index contributed by atoms with van der Waals surface area (Å²) in [5, 5.41) is 8.23. The molecule has 2 amide bonds. The van der Waals surface area contributed by atoms with E-state index in [1.807, 2.05) is 42.8 Å². The van der Waals surface area contributed by atoms with Gasteiger partial charge in [0.15, 0.2) is 0 Å². The molecule has 0 unspecified atom stereocenters. The highest BCUT2D eigenvalue weighted by atomic mass is 32.2. The minimum absolute atomic E-state index is 0.0495. The molecule has 0 bridgehead atoms. The zero-order chi connectivity index (χ0) is 34.7. The lowest BCUT2D eigenvalue weighted by Crippen LogP contribution is -2.56. The summed E-state index contributed by atoms with van der Waals surface area (Å²) in [6.07, 6.45) is 8.16. The Morgan fingerprint density at radius 3 is 2.29 bits per heavy atom. The maximum Gasteiger partial charge on any atom is 0.243 e. The molecule has 2 heterocycles. The van der Waals surface area contributed by atoms with Crippen LogP contribution in [0.3, 0.4) is 0 Å². The Kier molecular flexibility index (Phi) is 14.9. The lowest BCUT2D eigenvalue weighted by molar-refractivity contribution is -0.131. The van der Waals surface area contributed by atoms with E-state index in [4.69, 9.17) is 5.73 Å². The molecule has 0 radical (unpaired) electrons. The predicted molar refractivity (Wildman–Crippen MR) is 194 cm³/mol. The fraction of sp³-hybridized carbons (Fsp3) is 0.694. The molecule has 5 atom stereocenters. The van der Waals surface area contributed by atoms with Crippen molar-refractivity contribution in [3.8, 4) is 0 Å². The Morgan fingerprint density at radius 2 is 1.67 bits per heavy atom. The van der Waals surface area contributed by atoms with Gasteiger partial charge in [0.2, 0.25) is 21.8 Å². The molecule has 1 saturated heterocycles. The van der Waals surface area contributed by atoms with Crippen LogP contribution in [0.2, 0.25) is 0 Å². The summed E-state index contributed by atoms with van der Waals surface area (Å²) in [5.41, 5.74) is 10.0. The first-order valence-electron chi connectivity index (χ1n) is 17.8. The highest BCUT2D eigenvalue weighted by Gasteiger charge is 2.35. The summed E-state index contributed by atoms with van der Waals surface area (Å²) in [4.78, 5) is 34.9. The molecule has 2 fully saturated rings. The second-order valence-electron chi connectivity index (χ2n) is 14.6. The molecule has 4 N–H and O–H groups in total. The monoisotopic (exact) mass is 702 g/mol. The molecule has 1 aliphatic heterocycles. The number of benzene rings is 1. The zero-order valence-electron chi connectivity index (χ0n) is 29.4. The molecule has 1 aliphatic carbocycles. The molecule has 2 aromatic rings. The minimum atomic E-state index is -3.72. The van der Waals surface area contributed by atoms with Gasteiger partial charge in [0.1, 0.15) is 6.04 Å². The number of rotatable bonds is 17. The highest BCUT2D eigenvalue weighted by Crippen LogP contribution is 2.30. The fourth-order valence-corrected chi connectivity index (χ4v) is 9.41. The van der Waals surface area contributed by atoms with E-state index in [2.05, 4.69) is 41.3 Å². The standard InChI is InChI=1S/C36H58N6O4S2/c1-26(2)19-32(37)27(3)33(21-29-13-9-6-10-14-29)39-36(44)34(22-31-23-47-25-38-31)40-35(43)30(20-28-11-7-5-8-12-28)24-48(45,46)42-17-15-41(4)16-18-42/h5,7-8,11-12,23,25-27,29-30,32-34H,6,9-10,13-22,24,37H2,1-4H3,(H,39,44)(H,40,43)/t27-,30+,32+,33-,34-/m0/s1. The van der Waals surface area contributed by atoms with Gasteiger partial charge in [-0.2, -0.15) is 4.31 Å². The van der Waals surface area contributed by atoms with E-state index in [9.17, 15) is 18.0 Å². The van der Waals surface area contributed by atoms with Crippen molar-refractivity contribution in [3.63, 3.8) is 0 Å². The highest BCUT2D eigenvalue weighted by molar-refractivity contribution is 7.89. The number of hydrogen-bond acceptors (Lipinski definition) is 8. The Balaban J connectivity index is 1.56. The number of sulfonamides is 1. The molecular formula is C36H58N6O4S2. The lowest BCUT2D eigenvalue weighted by Gasteiger charge is -2.35. The van der Waals surface area contributed by atoms with E-state index in [-0.39, 0.29) is 42.5 Å². The Labute approximate surface area is 292 Å². The number of carbonyl (C=O) groups is 2. The van der Waals surface area contributed by atoms with Gasteiger partial charge in [0, 0.05) is 50.1 Å². The van der Waals surface area contributed by atoms with Gasteiger partial charge in [-0.05, 0) is 49.6 Å². The molecular weight excluding hydrogens is 645 g/mol. The molecule has 48 heavy (non-hydrogen) atoms. The van der Waals surface area contributed by atoms with Crippen LogP contribution in [0.4, 0.5) is 0 Å². The minimum Gasteiger partial charge on any atom is -0.351 e. The van der Waals surface area contributed by atoms with Gasteiger partial charge < -0.3 is 21.3 Å². The largest absolute Gasteiger partial charge is 0.351 e. The number of nitrogens with two attached hydrogens (primary N) is 1. The normalized spacial score (nSPS) is 20.1. The third-order valence-corrected chi connectivity index (χ3v) is 12.8. The van der Waals surface area contributed by atoms with Crippen molar-refractivity contribution in [2.75, 3.05) is 39.0 Å². The number of aromatic nitrogens is 1. The van der Waals surface area contributed by atoms with Crippen LogP contribution in [-0.4, -0.2) is 91.5 Å². The Morgan fingerprint density at radius 1 is 0.979 bits per heavy atom. The van der Waals surface area contributed by atoms with Gasteiger partial charge in [-0.3, -0.25) is 9.59 Å². The molecule has 1 aromatic heterocycles. The van der Waals surface area contributed by atoms with Crippen LogP contribution in [0, 0.1) is 23.7 Å². The van der Waals surface area contributed by atoms with Crippen LogP contribution in [0.25, 0.3) is 0 Å². The molecule has 10 nitrogen and oxygen atoms in total. The van der Waals surface area contributed by atoms with E-state index < -0.39 is 27.9 Å². The van der Waals surface area contributed by atoms with Crippen molar-refractivity contribution in [1.82, 2.24) is 24.8 Å². The number of amides is 2. The van der Waals surface area contributed by atoms with Crippen LogP contribution >= 0.6 is 11.3 Å². The second-order valence-corrected chi connectivity index (χ2v) is 17.4. The second kappa shape index (κ2) is 18.6. The third-order valence-electron chi connectivity index (χ3n) is 10.2. The number of piperazine rings is 1. The van der Waals surface area contributed by atoms with E-state index in [0.29, 0.717) is 43.7 Å². The first-order valence-corrected chi connectivity index (χ1v) is 20.4. The Bertz CT molecular complexity index is 1360. The first kappa shape index (κ1) is 38.4. The molecule has 2 aliphatic rings. The quantitative estimate of drug-likeness (QED) is 0.226. The van der Waals surface area contributed by atoms with E-state index in [1.165, 1.54) is 34.9 Å².